The van der Waals surface area contributed by atoms with E-state index in [0.29, 0.717) is 51.8 Å². The summed E-state index contributed by atoms with van der Waals surface area (Å²) in [6, 6.07) is 33.6. The monoisotopic (exact) mass is 1240 g/mol. The Hall–Kier alpha value is -5.95. The molecule has 0 aliphatic heterocycles. The van der Waals surface area contributed by atoms with Gasteiger partial charge in [-0.05, 0) is 131 Å². The minimum atomic E-state index is -2.25. The van der Waals surface area contributed by atoms with Crippen molar-refractivity contribution in [2.24, 2.45) is 0 Å². The lowest BCUT2D eigenvalue weighted by molar-refractivity contribution is 0.325. The smallest absolute Gasteiger partial charge is 0.453 e. The highest BCUT2D eigenvalue weighted by Gasteiger charge is 2.33. The van der Waals surface area contributed by atoms with Gasteiger partial charge in [0.05, 0.1) is 41.2 Å². The average Bonchev–Trinajstić information content (AvgIpc) is 1.41. The Morgan fingerprint density at radius 2 is 0.727 bits per heavy atom. The van der Waals surface area contributed by atoms with Crippen molar-refractivity contribution in [1.82, 2.24) is 0 Å². The van der Waals surface area contributed by atoms with Crippen LogP contribution in [0.15, 0.2) is 105 Å². The molecule has 0 unspecified atom stereocenters. The van der Waals surface area contributed by atoms with E-state index in [2.05, 4.69) is 170 Å². The van der Waals surface area contributed by atoms with Crippen LogP contribution in [0.4, 0.5) is 0 Å². The third-order valence-electron chi connectivity index (χ3n) is 16.4. The number of benzene rings is 6. The SMILES string of the molecule is CCCCCCCCCc1ccc(OP(CCOc2c(-c3cc(OC)cc(C(C)(C)C)c3Op3oc4c(C(C)(C)C)cc(OC)cc4c4cc(OC)cc(C(C)(C)C)c4o3)cc(OC)cc2C(C)(C)C)Oc2ccc(CCCCCCCCC)cc2)cc1. The van der Waals surface area contributed by atoms with Gasteiger partial charge < -0.3 is 45.6 Å². The van der Waals surface area contributed by atoms with Crippen molar-refractivity contribution in [2.75, 3.05) is 41.2 Å². The molecular formula is C76H106O10P2. The van der Waals surface area contributed by atoms with Crippen LogP contribution in [0.5, 0.6) is 46.0 Å². The Kier molecular flexibility index (Phi) is 25.0. The summed E-state index contributed by atoms with van der Waals surface area (Å²) in [4.78, 5) is 0. The fraction of sp³-hybridized carbons (Fsp3) is 0.526. The van der Waals surface area contributed by atoms with Gasteiger partial charge in [-0.1, -0.05) is 198 Å². The fourth-order valence-electron chi connectivity index (χ4n) is 11.2. The van der Waals surface area contributed by atoms with Crippen LogP contribution in [0.25, 0.3) is 33.1 Å². The van der Waals surface area contributed by atoms with E-state index in [9.17, 15) is 0 Å². The third-order valence-corrected chi connectivity index (χ3v) is 18.8. The van der Waals surface area contributed by atoms with Gasteiger partial charge in [0.15, 0.2) is 0 Å². The molecule has 0 saturated heterocycles. The van der Waals surface area contributed by atoms with Gasteiger partial charge in [-0.2, -0.15) is 0 Å². The van der Waals surface area contributed by atoms with Crippen LogP contribution in [0.2, 0.25) is 0 Å². The first-order valence-electron chi connectivity index (χ1n) is 32.6. The number of rotatable bonds is 31. The van der Waals surface area contributed by atoms with Crippen molar-refractivity contribution in [3.05, 3.63) is 130 Å². The largest absolute Gasteiger partial charge is 0.497 e. The Morgan fingerprint density at radius 3 is 1.10 bits per heavy atom. The highest BCUT2D eigenvalue weighted by atomic mass is 31.2. The molecule has 0 saturated carbocycles. The number of fused-ring (bicyclic) bond motifs is 3. The molecule has 1 aromatic heterocycles. The lowest BCUT2D eigenvalue weighted by atomic mass is 9.81. The van der Waals surface area contributed by atoms with Gasteiger partial charge in [-0.3, -0.25) is 0 Å². The quantitative estimate of drug-likeness (QED) is 0.0308. The number of hydrogen-bond acceptors (Lipinski definition) is 10. The molecule has 480 valence electrons. The van der Waals surface area contributed by atoms with E-state index in [1.807, 2.05) is 24.3 Å². The molecule has 12 heteroatoms. The van der Waals surface area contributed by atoms with Crippen molar-refractivity contribution in [3.63, 3.8) is 0 Å². The van der Waals surface area contributed by atoms with Crippen LogP contribution in [0, 0.1) is 0 Å². The van der Waals surface area contributed by atoms with E-state index in [-0.39, 0.29) is 17.4 Å². The van der Waals surface area contributed by atoms with Gasteiger partial charge in [-0.15, -0.1) is 0 Å². The minimum absolute atomic E-state index is 0.275. The zero-order valence-electron chi connectivity index (χ0n) is 56.9. The van der Waals surface area contributed by atoms with Gasteiger partial charge in [0.1, 0.15) is 57.2 Å². The predicted octanol–water partition coefficient (Wildman–Crippen LogP) is 23.5. The maximum absolute atomic E-state index is 7.55. The summed E-state index contributed by atoms with van der Waals surface area (Å²) in [7, 11) is 3.00. The van der Waals surface area contributed by atoms with E-state index in [1.165, 1.54) is 101 Å². The lowest BCUT2D eigenvalue weighted by Crippen LogP contribution is -2.17. The van der Waals surface area contributed by atoms with Gasteiger partial charge in [-0.25, -0.2) is 0 Å². The molecule has 6 aromatic carbocycles. The first-order valence-corrected chi connectivity index (χ1v) is 35.0. The van der Waals surface area contributed by atoms with E-state index in [1.54, 1.807) is 28.4 Å². The lowest BCUT2D eigenvalue weighted by Gasteiger charge is -2.29. The van der Waals surface area contributed by atoms with E-state index in [4.69, 9.17) is 45.6 Å². The molecule has 0 amide bonds. The Balaban J connectivity index is 1.33. The van der Waals surface area contributed by atoms with E-state index in [0.717, 1.165) is 68.5 Å². The summed E-state index contributed by atoms with van der Waals surface area (Å²) >= 11 is 0. The van der Waals surface area contributed by atoms with E-state index < -0.39 is 27.4 Å². The van der Waals surface area contributed by atoms with Crippen molar-refractivity contribution < 1.29 is 45.6 Å². The number of unbranched alkanes of at least 4 members (excludes halogenated alkanes) is 12. The van der Waals surface area contributed by atoms with Gasteiger partial charge in [0.25, 0.3) is 8.38 Å². The van der Waals surface area contributed by atoms with Crippen LogP contribution in [-0.4, -0.2) is 41.2 Å². The molecule has 0 radical (unpaired) electrons. The first kappa shape index (κ1) is 69.5. The predicted molar refractivity (Wildman–Crippen MR) is 370 cm³/mol. The van der Waals surface area contributed by atoms with Crippen molar-refractivity contribution in [2.45, 2.75) is 221 Å². The van der Waals surface area contributed by atoms with Gasteiger partial charge in [0.2, 0.25) is 0 Å². The average molecular weight is 1240 g/mol. The van der Waals surface area contributed by atoms with Gasteiger partial charge in [0, 0.05) is 44.2 Å². The molecule has 0 fully saturated rings. The number of hydrogen-bond donors (Lipinski definition) is 0. The normalized spacial score (nSPS) is 12.2. The third kappa shape index (κ3) is 19.0. The molecule has 0 spiro atoms. The molecule has 0 atom stereocenters. The van der Waals surface area contributed by atoms with Crippen LogP contribution >= 0.6 is 16.6 Å². The minimum Gasteiger partial charge on any atom is -0.497 e. The molecule has 0 bridgehead atoms. The maximum Gasteiger partial charge on any atom is 0.453 e. The Morgan fingerprint density at radius 1 is 0.386 bits per heavy atom. The van der Waals surface area contributed by atoms with Crippen LogP contribution < -0.4 is 37.3 Å². The van der Waals surface area contributed by atoms with Crippen LogP contribution in [-0.2, 0) is 34.5 Å². The Bertz CT molecular complexity index is 3220. The zero-order chi connectivity index (χ0) is 63.8. The summed E-state index contributed by atoms with van der Waals surface area (Å²) < 4.78 is 67.6. The molecule has 7 rings (SSSR count). The molecule has 0 N–H and O–H groups in total. The second-order valence-electron chi connectivity index (χ2n) is 27.8. The van der Waals surface area contributed by atoms with Crippen molar-refractivity contribution in [1.29, 1.82) is 0 Å². The molecule has 0 aliphatic rings. The fourth-order valence-corrected chi connectivity index (χ4v) is 13.5. The summed E-state index contributed by atoms with van der Waals surface area (Å²) in [6.45, 7) is 31.0. The topological polar surface area (TPSA) is 100 Å². The standard InChI is InChI=1S/C76H106O10P2/c1-19-21-23-25-27-29-31-33-53-35-39-55(40-36-53)82-87(83-56-41-37-54(38-42-56)34-32-30-28-26-24-22-20-2)44-43-81-69-61(45-57(77-15)49-65(69)73(3,4)5)62-46-58(78-16)50-66(74(6,7)8)70(62)84-88-85-71-63(47-59(79-17)51-67(71)75(9,10)11)64-48-60(80-18)52-68(72(64)86-88)76(12,13)14/h35-42,45-52H,19-34,43-44H2,1-18H3. The summed E-state index contributed by atoms with van der Waals surface area (Å²) in [5, 5.41) is 1.64. The van der Waals surface area contributed by atoms with Gasteiger partial charge >= 0.3 is 8.24 Å². The zero-order valence-corrected chi connectivity index (χ0v) is 58.7. The van der Waals surface area contributed by atoms with Crippen LogP contribution in [0.1, 0.15) is 220 Å². The highest BCUT2D eigenvalue weighted by Crippen LogP contribution is 2.54. The van der Waals surface area contributed by atoms with E-state index >= 15 is 0 Å². The van der Waals surface area contributed by atoms with Crippen LogP contribution in [0.3, 0.4) is 0 Å². The molecule has 0 aliphatic carbocycles. The molecule has 10 nitrogen and oxygen atoms in total. The molecule has 7 aromatic rings. The summed E-state index contributed by atoms with van der Waals surface area (Å²) in [5.74, 6) is 5.53. The highest BCUT2D eigenvalue weighted by molar-refractivity contribution is 7.48. The number of ether oxygens (including phenoxy) is 5. The van der Waals surface area contributed by atoms with Crippen molar-refractivity contribution in [3.8, 4) is 57.1 Å². The summed E-state index contributed by atoms with van der Waals surface area (Å²) in [6.07, 6.45) is 20.6. The van der Waals surface area contributed by atoms with Crippen molar-refractivity contribution >= 4 is 38.6 Å². The molecule has 88 heavy (non-hydrogen) atoms. The molecular weight excluding hydrogens is 1130 g/mol. The Labute approximate surface area is 531 Å². The second kappa shape index (κ2) is 31.7. The number of methoxy groups -OCH3 is 4. The summed E-state index contributed by atoms with van der Waals surface area (Å²) in [5.41, 5.74) is 7.52. The maximum atomic E-state index is 7.55. The molecule has 1 heterocycles. The first-order chi connectivity index (χ1) is 41.9. The number of aryl methyl sites for hydroxylation is 2. The second-order valence-corrected chi connectivity index (χ2v) is 30.3.